The number of non-ortho nitro benzene ring substituents is 1. The second-order valence-electron chi connectivity index (χ2n) is 5.13. The van der Waals surface area contributed by atoms with Gasteiger partial charge < -0.3 is 5.32 Å². The highest BCUT2D eigenvalue weighted by Crippen LogP contribution is 2.28. The summed E-state index contributed by atoms with van der Waals surface area (Å²) in [6.07, 6.45) is 0.747. The van der Waals surface area contributed by atoms with Crippen LogP contribution in [0.4, 0.5) is 11.4 Å². The first-order valence-corrected chi connectivity index (χ1v) is 8.66. The Hall–Kier alpha value is -2.33. The average Bonchev–Trinajstić information content (AvgIpc) is 2.90. The largest absolute Gasteiger partial charge is 0.343 e. The fourth-order valence-corrected chi connectivity index (χ4v) is 3.03. The number of aromatic nitrogens is 3. The van der Waals surface area contributed by atoms with E-state index in [0.29, 0.717) is 11.7 Å². The lowest BCUT2D eigenvalue weighted by atomic mass is 10.2. The summed E-state index contributed by atoms with van der Waals surface area (Å²) < 4.78 is 1.45. The molecule has 1 aromatic carbocycles. The number of rotatable bonds is 7. The van der Waals surface area contributed by atoms with Crippen molar-refractivity contribution in [3.05, 3.63) is 43.8 Å². The first-order chi connectivity index (χ1) is 11.8. The number of benzene rings is 1. The molecule has 2 aromatic rings. The SMILES string of the molecule is CCCn1c(S[C@@H](C)C(=O)Nc2cc([N+](=O)[O-])ccc2Cl)n[nH]c1=O. The fraction of sp³-hybridized carbons (Fsp3) is 0.357. The van der Waals surface area contributed by atoms with Gasteiger partial charge in [0.15, 0.2) is 5.16 Å². The zero-order chi connectivity index (χ0) is 18.6. The van der Waals surface area contributed by atoms with Crippen molar-refractivity contribution in [2.24, 2.45) is 0 Å². The first-order valence-electron chi connectivity index (χ1n) is 7.40. The van der Waals surface area contributed by atoms with E-state index in [1.807, 2.05) is 6.92 Å². The number of carbonyl (C=O) groups excluding carboxylic acids is 1. The van der Waals surface area contributed by atoms with E-state index in [9.17, 15) is 19.7 Å². The molecule has 0 spiro atoms. The van der Waals surface area contributed by atoms with Gasteiger partial charge in [0.2, 0.25) is 5.91 Å². The fourth-order valence-electron chi connectivity index (χ4n) is 1.98. The third kappa shape index (κ3) is 4.60. The number of amides is 1. The van der Waals surface area contributed by atoms with Gasteiger partial charge in [-0.05, 0) is 19.4 Å². The van der Waals surface area contributed by atoms with E-state index in [1.165, 1.54) is 22.8 Å². The molecule has 9 nitrogen and oxygen atoms in total. The molecular weight excluding hydrogens is 370 g/mol. The van der Waals surface area contributed by atoms with Crippen molar-refractivity contribution in [2.75, 3.05) is 5.32 Å². The number of hydrogen-bond donors (Lipinski definition) is 2. The van der Waals surface area contributed by atoms with Crippen LogP contribution in [0.5, 0.6) is 0 Å². The molecule has 134 valence electrons. The van der Waals surface area contributed by atoms with Crippen LogP contribution in [0.25, 0.3) is 0 Å². The number of nitro benzene ring substituents is 1. The van der Waals surface area contributed by atoms with Crippen LogP contribution in [0, 0.1) is 10.1 Å². The van der Waals surface area contributed by atoms with Gasteiger partial charge >= 0.3 is 5.69 Å². The van der Waals surface area contributed by atoms with E-state index in [-0.39, 0.29) is 22.1 Å². The lowest BCUT2D eigenvalue weighted by molar-refractivity contribution is -0.384. The Morgan fingerprint density at radius 2 is 2.28 bits per heavy atom. The van der Waals surface area contributed by atoms with Crippen molar-refractivity contribution in [3.8, 4) is 0 Å². The number of nitrogens with one attached hydrogen (secondary N) is 2. The summed E-state index contributed by atoms with van der Waals surface area (Å²) in [5.41, 5.74) is -0.357. The summed E-state index contributed by atoms with van der Waals surface area (Å²) in [4.78, 5) is 34.3. The van der Waals surface area contributed by atoms with Crippen LogP contribution >= 0.6 is 23.4 Å². The van der Waals surface area contributed by atoms with Crippen molar-refractivity contribution in [1.82, 2.24) is 14.8 Å². The maximum atomic E-state index is 12.3. The molecule has 0 fully saturated rings. The van der Waals surface area contributed by atoms with Crippen LogP contribution < -0.4 is 11.0 Å². The van der Waals surface area contributed by atoms with Crippen LogP contribution in [-0.2, 0) is 11.3 Å². The number of aromatic amines is 1. The predicted octanol–water partition coefficient (Wildman–Crippen LogP) is 2.66. The second kappa shape index (κ2) is 8.17. The number of thioether (sulfide) groups is 1. The molecule has 0 aliphatic heterocycles. The third-order valence-corrected chi connectivity index (χ3v) is 4.66. The quantitative estimate of drug-likeness (QED) is 0.429. The molecule has 0 unspecified atom stereocenters. The number of carbonyl (C=O) groups is 1. The summed E-state index contributed by atoms with van der Waals surface area (Å²) in [5, 5.41) is 19.7. The van der Waals surface area contributed by atoms with E-state index < -0.39 is 16.1 Å². The first kappa shape index (κ1) is 19.0. The summed E-state index contributed by atoms with van der Waals surface area (Å²) in [6.45, 7) is 4.05. The molecular formula is C14H16ClN5O4S. The molecule has 11 heteroatoms. The van der Waals surface area contributed by atoms with Gasteiger partial charge in [-0.25, -0.2) is 9.89 Å². The lowest BCUT2D eigenvalue weighted by Gasteiger charge is -2.12. The monoisotopic (exact) mass is 385 g/mol. The normalized spacial score (nSPS) is 12.0. The van der Waals surface area contributed by atoms with Crippen LogP contribution in [0.2, 0.25) is 5.02 Å². The Bertz CT molecular complexity index is 850. The van der Waals surface area contributed by atoms with Crippen molar-refractivity contribution in [1.29, 1.82) is 0 Å². The Morgan fingerprint density at radius 1 is 1.56 bits per heavy atom. The van der Waals surface area contributed by atoms with Crippen LogP contribution in [0.1, 0.15) is 20.3 Å². The number of anilines is 1. The molecule has 0 aliphatic rings. The van der Waals surface area contributed by atoms with Crippen molar-refractivity contribution >= 4 is 40.6 Å². The summed E-state index contributed by atoms with van der Waals surface area (Å²) in [7, 11) is 0. The molecule has 25 heavy (non-hydrogen) atoms. The molecule has 2 N–H and O–H groups in total. The molecule has 2 rings (SSSR count). The Labute approximate surface area is 151 Å². The molecule has 1 atom stereocenters. The second-order valence-corrected chi connectivity index (χ2v) is 6.85. The zero-order valence-electron chi connectivity index (χ0n) is 13.5. The topological polar surface area (TPSA) is 123 Å². The zero-order valence-corrected chi connectivity index (χ0v) is 15.1. The van der Waals surface area contributed by atoms with Gasteiger partial charge in [-0.1, -0.05) is 30.3 Å². The highest BCUT2D eigenvalue weighted by atomic mass is 35.5. The number of halogens is 1. The summed E-state index contributed by atoms with van der Waals surface area (Å²) >= 11 is 7.08. The highest BCUT2D eigenvalue weighted by molar-refractivity contribution is 8.00. The molecule has 0 bridgehead atoms. The smallest absolute Gasteiger partial charge is 0.324 e. The molecule has 0 saturated carbocycles. The number of nitrogens with zero attached hydrogens (tertiary/aromatic N) is 3. The van der Waals surface area contributed by atoms with Gasteiger partial charge in [0.1, 0.15) is 0 Å². The standard InChI is InChI=1S/C14H16ClN5O4S/c1-3-6-19-13(22)17-18-14(19)25-8(2)12(21)16-11-7-9(20(23)24)4-5-10(11)15/h4-5,7-8H,3,6H2,1-2H3,(H,16,21)(H,17,22)/t8-/m0/s1. The Kier molecular flexibility index (Phi) is 6.21. The lowest BCUT2D eigenvalue weighted by Crippen LogP contribution is -2.24. The maximum absolute atomic E-state index is 12.3. The Balaban J connectivity index is 2.12. The van der Waals surface area contributed by atoms with Crippen molar-refractivity contribution in [3.63, 3.8) is 0 Å². The van der Waals surface area contributed by atoms with Gasteiger partial charge in [0.25, 0.3) is 5.69 Å². The van der Waals surface area contributed by atoms with E-state index in [2.05, 4.69) is 15.5 Å². The minimum atomic E-state index is -0.596. The molecule has 0 aliphatic carbocycles. The summed E-state index contributed by atoms with van der Waals surface area (Å²) in [5.74, 6) is -0.411. The molecule has 1 amide bonds. The molecule has 1 heterocycles. The molecule has 0 radical (unpaired) electrons. The van der Waals surface area contributed by atoms with Crippen LogP contribution in [0.15, 0.2) is 28.2 Å². The number of hydrogen-bond acceptors (Lipinski definition) is 6. The molecule has 1 aromatic heterocycles. The minimum absolute atomic E-state index is 0.154. The minimum Gasteiger partial charge on any atom is -0.324 e. The van der Waals surface area contributed by atoms with Crippen LogP contribution in [-0.4, -0.2) is 30.8 Å². The number of nitro groups is 1. The third-order valence-electron chi connectivity index (χ3n) is 3.24. The van der Waals surface area contributed by atoms with Gasteiger partial charge in [-0.15, -0.1) is 5.10 Å². The average molecular weight is 386 g/mol. The van der Waals surface area contributed by atoms with E-state index in [4.69, 9.17) is 11.6 Å². The van der Waals surface area contributed by atoms with Gasteiger partial charge in [-0.2, -0.15) is 0 Å². The van der Waals surface area contributed by atoms with Gasteiger partial charge in [-0.3, -0.25) is 19.5 Å². The highest BCUT2D eigenvalue weighted by Gasteiger charge is 2.20. The van der Waals surface area contributed by atoms with Crippen LogP contribution in [0.3, 0.4) is 0 Å². The van der Waals surface area contributed by atoms with E-state index >= 15 is 0 Å². The van der Waals surface area contributed by atoms with Crippen molar-refractivity contribution in [2.45, 2.75) is 37.2 Å². The van der Waals surface area contributed by atoms with Crippen molar-refractivity contribution < 1.29 is 9.72 Å². The van der Waals surface area contributed by atoms with Gasteiger partial charge in [0, 0.05) is 18.7 Å². The van der Waals surface area contributed by atoms with E-state index in [0.717, 1.165) is 18.2 Å². The predicted molar refractivity (Wildman–Crippen MR) is 95.2 cm³/mol. The number of H-pyrrole nitrogens is 1. The van der Waals surface area contributed by atoms with Gasteiger partial charge in [0.05, 0.1) is 20.9 Å². The molecule has 0 saturated heterocycles. The van der Waals surface area contributed by atoms with E-state index in [1.54, 1.807) is 6.92 Å². The summed E-state index contributed by atoms with van der Waals surface area (Å²) in [6, 6.07) is 3.79. The Morgan fingerprint density at radius 3 is 2.92 bits per heavy atom. The maximum Gasteiger partial charge on any atom is 0.343 e.